The van der Waals surface area contributed by atoms with Crippen molar-refractivity contribution in [3.63, 3.8) is 0 Å². The summed E-state index contributed by atoms with van der Waals surface area (Å²) in [5, 5.41) is 0. The maximum absolute atomic E-state index is 14.2. The molecule has 0 heterocycles. The molecule has 0 bridgehead atoms. The Morgan fingerprint density at radius 3 is 2.42 bits per heavy atom. The third kappa shape index (κ3) is 3.44. The molecule has 0 aromatic heterocycles. The van der Waals surface area contributed by atoms with Crippen LogP contribution in [0, 0.1) is 5.82 Å². The lowest BCUT2D eigenvalue weighted by Crippen LogP contribution is -2.24. The smallest absolute Gasteiger partial charge is 0.179 e. The predicted molar refractivity (Wildman–Crippen MR) is 79.6 cm³/mol. The molecule has 0 unspecified atom stereocenters. The van der Waals surface area contributed by atoms with E-state index in [0.717, 1.165) is 18.4 Å². The SMILES string of the molecule is CC(C)(Br)C(=O)c1ccc(C2CCCCC2)c(F)c1. The first kappa shape index (κ1) is 14.7. The van der Waals surface area contributed by atoms with Crippen LogP contribution in [0.25, 0.3) is 0 Å². The fourth-order valence-electron chi connectivity index (χ4n) is 2.76. The van der Waals surface area contributed by atoms with Gasteiger partial charge in [0.2, 0.25) is 0 Å². The van der Waals surface area contributed by atoms with E-state index in [9.17, 15) is 9.18 Å². The van der Waals surface area contributed by atoms with Crippen molar-refractivity contribution in [2.75, 3.05) is 0 Å². The third-order valence-corrected chi connectivity index (χ3v) is 4.21. The lowest BCUT2D eigenvalue weighted by molar-refractivity contribution is 0.0960. The molecule has 1 fully saturated rings. The van der Waals surface area contributed by atoms with Crippen molar-refractivity contribution in [1.82, 2.24) is 0 Å². The van der Waals surface area contributed by atoms with E-state index in [2.05, 4.69) is 15.9 Å². The normalized spacial score (nSPS) is 17.5. The molecule has 1 saturated carbocycles. The summed E-state index contributed by atoms with van der Waals surface area (Å²) in [6.07, 6.45) is 5.74. The Balaban J connectivity index is 2.24. The van der Waals surface area contributed by atoms with Crippen molar-refractivity contribution in [3.8, 4) is 0 Å². The molecule has 0 radical (unpaired) electrons. The number of Topliss-reactive ketones (excluding diaryl/α,β-unsaturated/α-hetero) is 1. The average molecular weight is 327 g/mol. The topological polar surface area (TPSA) is 17.1 Å². The first-order valence-corrected chi connectivity index (χ1v) is 7.72. The molecule has 0 atom stereocenters. The molecular formula is C16H20BrFO. The minimum Gasteiger partial charge on any atom is -0.293 e. The molecule has 1 aromatic carbocycles. The van der Waals surface area contributed by atoms with Crippen molar-refractivity contribution in [2.24, 2.45) is 0 Å². The maximum atomic E-state index is 14.2. The van der Waals surface area contributed by atoms with Gasteiger partial charge in [-0.1, -0.05) is 47.3 Å². The maximum Gasteiger partial charge on any atom is 0.179 e. The Hall–Kier alpha value is -0.700. The van der Waals surface area contributed by atoms with Crippen LogP contribution < -0.4 is 0 Å². The monoisotopic (exact) mass is 326 g/mol. The standard InChI is InChI=1S/C16H20BrFO/c1-16(2,17)15(19)12-8-9-13(14(18)10-12)11-6-4-3-5-7-11/h8-11H,3-7H2,1-2H3. The largest absolute Gasteiger partial charge is 0.293 e. The van der Waals surface area contributed by atoms with E-state index in [-0.39, 0.29) is 11.6 Å². The van der Waals surface area contributed by atoms with Crippen LogP contribution >= 0.6 is 15.9 Å². The van der Waals surface area contributed by atoms with Crippen LogP contribution in [0.3, 0.4) is 0 Å². The van der Waals surface area contributed by atoms with E-state index < -0.39 is 4.32 Å². The molecule has 0 saturated heterocycles. The van der Waals surface area contributed by atoms with Crippen LogP contribution in [0.2, 0.25) is 0 Å². The average Bonchev–Trinajstić information content (AvgIpc) is 2.37. The second-order valence-electron chi connectivity index (χ2n) is 5.87. The van der Waals surface area contributed by atoms with Gasteiger partial charge in [-0.25, -0.2) is 4.39 Å². The van der Waals surface area contributed by atoms with E-state index in [1.807, 2.05) is 0 Å². The van der Waals surface area contributed by atoms with E-state index in [1.165, 1.54) is 25.3 Å². The predicted octanol–water partition coefficient (Wildman–Crippen LogP) is 5.23. The van der Waals surface area contributed by atoms with Crippen LogP contribution in [0.5, 0.6) is 0 Å². The molecule has 0 aliphatic heterocycles. The zero-order valence-electron chi connectivity index (χ0n) is 11.5. The van der Waals surface area contributed by atoms with Gasteiger partial charge in [-0.2, -0.15) is 0 Å². The van der Waals surface area contributed by atoms with Gasteiger partial charge in [0.1, 0.15) is 5.82 Å². The Morgan fingerprint density at radius 2 is 1.89 bits per heavy atom. The van der Waals surface area contributed by atoms with E-state index in [1.54, 1.807) is 26.0 Å². The van der Waals surface area contributed by atoms with Crippen LogP contribution in [-0.2, 0) is 0 Å². The molecule has 1 nitrogen and oxygen atoms in total. The highest BCUT2D eigenvalue weighted by Crippen LogP contribution is 2.34. The molecule has 0 amide bonds. The summed E-state index contributed by atoms with van der Waals surface area (Å²) in [6.45, 7) is 3.56. The fraction of sp³-hybridized carbons (Fsp3) is 0.562. The number of ketones is 1. The Morgan fingerprint density at radius 1 is 1.26 bits per heavy atom. The van der Waals surface area contributed by atoms with Gasteiger partial charge in [0.05, 0.1) is 4.32 Å². The molecule has 0 N–H and O–H groups in total. The van der Waals surface area contributed by atoms with Crippen molar-refractivity contribution in [3.05, 3.63) is 35.1 Å². The summed E-state index contributed by atoms with van der Waals surface area (Å²) in [4.78, 5) is 12.1. The molecule has 3 heteroatoms. The van der Waals surface area contributed by atoms with Crippen molar-refractivity contribution < 1.29 is 9.18 Å². The number of hydrogen-bond acceptors (Lipinski definition) is 1. The third-order valence-electron chi connectivity index (χ3n) is 3.85. The highest BCUT2D eigenvalue weighted by Gasteiger charge is 2.26. The van der Waals surface area contributed by atoms with Crippen LogP contribution in [0.15, 0.2) is 18.2 Å². The Labute approximate surface area is 122 Å². The zero-order chi connectivity index (χ0) is 14.0. The van der Waals surface area contributed by atoms with Gasteiger partial charge in [-0.05, 0) is 44.2 Å². The van der Waals surface area contributed by atoms with E-state index in [0.29, 0.717) is 11.5 Å². The molecule has 104 valence electrons. The van der Waals surface area contributed by atoms with Gasteiger partial charge >= 0.3 is 0 Å². The molecule has 1 aromatic rings. The van der Waals surface area contributed by atoms with Crippen LogP contribution in [-0.4, -0.2) is 10.1 Å². The lowest BCUT2D eigenvalue weighted by Gasteiger charge is -2.23. The van der Waals surface area contributed by atoms with Gasteiger partial charge in [-0.3, -0.25) is 4.79 Å². The quantitative estimate of drug-likeness (QED) is 0.549. The van der Waals surface area contributed by atoms with Crippen molar-refractivity contribution in [2.45, 2.75) is 56.2 Å². The van der Waals surface area contributed by atoms with Gasteiger partial charge < -0.3 is 0 Å². The molecular weight excluding hydrogens is 307 g/mol. The molecule has 2 rings (SSSR count). The molecule has 19 heavy (non-hydrogen) atoms. The number of benzene rings is 1. The van der Waals surface area contributed by atoms with Crippen LogP contribution in [0.4, 0.5) is 4.39 Å². The van der Waals surface area contributed by atoms with E-state index >= 15 is 0 Å². The van der Waals surface area contributed by atoms with Gasteiger partial charge in [-0.15, -0.1) is 0 Å². The summed E-state index contributed by atoms with van der Waals surface area (Å²) in [5.74, 6) is 0.0194. The van der Waals surface area contributed by atoms with Gasteiger partial charge in [0, 0.05) is 5.56 Å². The minimum atomic E-state index is -0.647. The summed E-state index contributed by atoms with van der Waals surface area (Å²) >= 11 is 3.33. The highest BCUT2D eigenvalue weighted by molar-refractivity contribution is 9.10. The van der Waals surface area contributed by atoms with Crippen molar-refractivity contribution in [1.29, 1.82) is 0 Å². The summed E-state index contributed by atoms with van der Waals surface area (Å²) in [7, 11) is 0. The first-order valence-electron chi connectivity index (χ1n) is 6.93. The Bertz CT molecular complexity index is 470. The minimum absolute atomic E-state index is 0.0819. The number of carbonyl (C=O) groups excluding carboxylic acids is 1. The number of halogens is 2. The summed E-state index contributed by atoms with van der Waals surface area (Å²) in [6, 6.07) is 4.96. The lowest BCUT2D eigenvalue weighted by atomic mass is 9.83. The summed E-state index contributed by atoms with van der Waals surface area (Å²) < 4.78 is 13.6. The van der Waals surface area contributed by atoms with Crippen LogP contribution in [0.1, 0.15) is 67.8 Å². The van der Waals surface area contributed by atoms with Gasteiger partial charge in [0.15, 0.2) is 5.78 Å². The van der Waals surface area contributed by atoms with Gasteiger partial charge in [0.25, 0.3) is 0 Å². The number of carbonyl (C=O) groups is 1. The number of hydrogen-bond donors (Lipinski definition) is 0. The molecule has 0 spiro atoms. The molecule has 1 aliphatic carbocycles. The Kier molecular flexibility index (Phi) is 4.44. The highest BCUT2D eigenvalue weighted by atomic mass is 79.9. The fourth-order valence-corrected chi connectivity index (χ4v) is 2.99. The zero-order valence-corrected chi connectivity index (χ0v) is 13.1. The first-order chi connectivity index (χ1) is 8.89. The number of rotatable bonds is 3. The second-order valence-corrected chi connectivity index (χ2v) is 7.86. The number of alkyl halides is 1. The van der Waals surface area contributed by atoms with Crippen molar-refractivity contribution >= 4 is 21.7 Å². The second kappa shape index (κ2) is 5.74. The molecule has 1 aliphatic rings. The van der Waals surface area contributed by atoms with E-state index in [4.69, 9.17) is 0 Å². The summed E-state index contributed by atoms with van der Waals surface area (Å²) in [5.41, 5.74) is 1.22.